The van der Waals surface area contributed by atoms with Gasteiger partial charge in [-0.05, 0) is 45.2 Å². The van der Waals surface area contributed by atoms with E-state index in [4.69, 9.17) is 0 Å². The van der Waals surface area contributed by atoms with Crippen LogP contribution in [0.25, 0.3) is 0 Å². The lowest BCUT2D eigenvalue weighted by atomic mass is 9.92. The largest absolute Gasteiger partial charge is 0.332 e. The van der Waals surface area contributed by atoms with E-state index in [1.807, 2.05) is 12.5 Å². The Kier molecular flexibility index (Phi) is 3.41. The van der Waals surface area contributed by atoms with Gasteiger partial charge in [0.2, 0.25) is 0 Å². The maximum Gasteiger partial charge on any atom is 0.0950 e. The molecule has 1 aliphatic heterocycles. The fraction of sp³-hybridized carbons (Fsp3) is 0.750. The molecule has 2 atom stereocenters. The number of piperidine rings is 1. The van der Waals surface area contributed by atoms with Crippen LogP contribution >= 0.6 is 0 Å². The zero-order valence-electron chi connectivity index (χ0n) is 9.74. The highest BCUT2D eigenvalue weighted by molar-refractivity contribution is 5.00. The first kappa shape index (κ1) is 10.7. The molecule has 1 aliphatic rings. The molecule has 0 radical (unpaired) electrons. The highest BCUT2D eigenvalue weighted by Gasteiger charge is 2.21. The molecule has 84 valence electrons. The van der Waals surface area contributed by atoms with Crippen LogP contribution in [0.4, 0.5) is 0 Å². The molecule has 3 nitrogen and oxygen atoms in total. The van der Waals surface area contributed by atoms with Crippen molar-refractivity contribution in [2.24, 2.45) is 5.92 Å². The van der Waals surface area contributed by atoms with E-state index < -0.39 is 0 Å². The number of imidazole rings is 1. The maximum atomic E-state index is 4.25. The molecule has 0 amide bonds. The number of rotatable bonds is 3. The number of nitrogens with one attached hydrogen (secondary N) is 1. The molecule has 0 aliphatic carbocycles. The van der Waals surface area contributed by atoms with Crippen molar-refractivity contribution in [2.45, 2.75) is 39.2 Å². The van der Waals surface area contributed by atoms with Crippen LogP contribution in [0, 0.1) is 5.92 Å². The normalized spacial score (nSPS) is 24.0. The van der Waals surface area contributed by atoms with Gasteiger partial charge < -0.3 is 9.88 Å². The monoisotopic (exact) mass is 207 g/mol. The van der Waals surface area contributed by atoms with E-state index in [0.717, 1.165) is 18.9 Å². The molecule has 0 spiro atoms. The van der Waals surface area contributed by atoms with Gasteiger partial charge in [0.1, 0.15) is 0 Å². The predicted octanol–water partition coefficient (Wildman–Crippen LogP) is 2.01. The molecule has 2 rings (SSSR count). The fourth-order valence-electron chi connectivity index (χ4n) is 2.49. The number of nitrogens with zero attached hydrogens (tertiary/aromatic N) is 2. The topological polar surface area (TPSA) is 29.9 Å². The second-order valence-electron chi connectivity index (χ2n) is 4.49. The van der Waals surface area contributed by atoms with Crippen molar-refractivity contribution in [3.63, 3.8) is 0 Å². The first-order valence-corrected chi connectivity index (χ1v) is 6.04. The van der Waals surface area contributed by atoms with Crippen LogP contribution in [0.5, 0.6) is 0 Å². The van der Waals surface area contributed by atoms with E-state index >= 15 is 0 Å². The molecule has 2 unspecified atom stereocenters. The van der Waals surface area contributed by atoms with Gasteiger partial charge in [0.05, 0.1) is 6.33 Å². The summed E-state index contributed by atoms with van der Waals surface area (Å²) in [5, 5.41) is 3.48. The molecule has 1 fully saturated rings. The minimum atomic E-state index is 0.579. The van der Waals surface area contributed by atoms with Crippen LogP contribution in [0.3, 0.4) is 0 Å². The third-order valence-electron chi connectivity index (χ3n) is 3.56. The average molecular weight is 207 g/mol. The summed E-state index contributed by atoms with van der Waals surface area (Å²) in [6, 6.07) is 0.579. The van der Waals surface area contributed by atoms with Gasteiger partial charge in [-0.3, -0.25) is 0 Å². The molecule has 0 saturated carbocycles. The van der Waals surface area contributed by atoms with Crippen LogP contribution in [0.2, 0.25) is 0 Å². The van der Waals surface area contributed by atoms with Gasteiger partial charge in [0.15, 0.2) is 0 Å². The Labute approximate surface area is 91.9 Å². The lowest BCUT2D eigenvalue weighted by Gasteiger charge is -2.30. The van der Waals surface area contributed by atoms with E-state index in [2.05, 4.69) is 28.7 Å². The van der Waals surface area contributed by atoms with Gasteiger partial charge in [-0.15, -0.1) is 0 Å². The van der Waals surface area contributed by atoms with Gasteiger partial charge in [0.25, 0.3) is 0 Å². The Bertz CT molecular complexity index is 300. The molecule has 0 aromatic carbocycles. The maximum absolute atomic E-state index is 4.25. The highest BCUT2D eigenvalue weighted by atomic mass is 15.1. The van der Waals surface area contributed by atoms with Crippen LogP contribution in [-0.2, 0) is 6.42 Å². The molecular weight excluding hydrogens is 186 g/mol. The lowest BCUT2D eigenvalue weighted by Crippen LogP contribution is -2.34. The summed E-state index contributed by atoms with van der Waals surface area (Å²) in [4.78, 5) is 4.25. The Morgan fingerprint density at radius 3 is 3.20 bits per heavy atom. The van der Waals surface area contributed by atoms with Crippen molar-refractivity contribution in [3.05, 3.63) is 18.2 Å². The van der Waals surface area contributed by atoms with Crippen molar-refractivity contribution < 1.29 is 0 Å². The summed E-state index contributed by atoms with van der Waals surface area (Å²) in [5.74, 6) is 0.762. The quantitative estimate of drug-likeness (QED) is 0.821. The summed E-state index contributed by atoms with van der Waals surface area (Å²) in [6.07, 6.45) is 7.70. The van der Waals surface area contributed by atoms with E-state index in [0.29, 0.717) is 6.04 Å². The van der Waals surface area contributed by atoms with Crippen molar-refractivity contribution >= 4 is 0 Å². The standard InChI is InChI=1S/C12H21N3/c1-3-12-8-14-9-15(12)10(2)11-5-4-6-13-7-11/h8-11,13H,3-7H2,1-2H3. The summed E-state index contributed by atoms with van der Waals surface area (Å²) >= 11 is 0. The van der Waals surface area contributed by atoms with E-state index in [-0.39, 0.29) is 0 Å². The molecule has 15 heavy (non-hydrogen) atoms. The van der Waals surface area contributed by atoms with E-state index in [1.165, 1.54) is 25.1 Å². The molecule has 3 heteroatoms. The van der Waals surface area contributed by atoms with Gasteiger partial charge in [-0.25, -0.2) is 4.98 Å². The van der Waals surface area contributed by atoms with Gasteiger partial charge in [0, 0.05) is 17.9 Å². The molecule has 1 N–H and O–H groups in total. The van der Waals surface area contributed by atoms with Gasteiger partial charge in [-0.2, -0.15) is 0 Å². The molecule has 1 saturated heterocycles. The van der Waals surface area contributed by atoms with Crippen LogP contribution < -0.4 is 5.32 Å². The Hall–Kier alpha value is -0.830. The Morgan fingerprint density at radius 1 is 1.67 bits per heavy atom. The molecular formula is C12H21N3. The first-order chi connectivity index (χ1) is 7.33. The third kappa shape index (κ3) is 2.23. The van der Waals surface area contributed by atoms with E-state index in [9.17, 15) is 0 Å². The summed E-state index contributed by atoms with van der Waals surface area (Å²) in [7, 11) is 0. The second kappa shape index (κ2) is 4.79. The lowest BCUT2D eigenvalue weighted by molar-refractivity contribution is 0.276. The number of aryl methyl sites for hydroxylation is 1. The first-order valence-electron chi connectivity index (χ1n) is 6.04. The predicted molar refractivity (Wildman–Crippen MR) is 61.9 cm³/mol. The van der Waals surface area contributed by atoms with Crippen molar-refractivity contribution in [2.75, 3.05) is 13.1 Å². The van der Waals surface area contributed by atoms with Crippen LogP contribution in [-0.4, -0.2) is 22.6 Å². The van der Waals surface area contributed by atoms with Crippen molar-refractivity contribution in [3.8, 4) is 0 Å². The summed E-state index contributed by atoms with van der Waals surface area (Å²) in [6.45, 7) is 6.86. The third-order valence-corrected chi connectivity index (χ3v) is 3.56. The van der Waals surface area contributed by atoms with Gasteiger partial charge >= 0.3 is 0 Å². The fourth-order valence-corrected chi connectivity index (χ4v) is 2.49. The van der Waals surface area contributed by atoms with E-state index in [1.54, 1.807) is 0 Å². The number of hydrogen-bond acceptors (Lipinski definition) is 2. The Morgan fingerprint density at radius 2 is 2.53 bits per heavy atom. The average Bonchev–Trinajstić information content (AvgIpc) is 2.77. The van der Waals surface area contributed by atoms with Crippen molar-refractivity contribution in [1.82, 2.24) is 14.9 Å². The molecule has 1 aromatic heterocycles. The molecule has 0 bridgehead atoms. The second-order valence-corrected chi connectivity index (χ2v) is 4.49. The summed E-state index contributed by atoms with van der Waals surface area (Å²) in [5.41, 5.74) is 1.35. The minimum absolute atomic E-state index is 0.579. The smallest absolute Gasteiger partial charge is 0.0950 e. The van der Waals surface area contributed by atoms with Crippen molar-refractivity contribution in [1.29, 1.82) is 0 Å². The molecule has 2 heterocycles. The van der Waals surface area contributed by atoms with Crippen LogP contribution in [0.15, 0.2) is 12.5 Å². The summed E-state index contributed by atoms with van der Waals surface area (Å²) < 4.78 is 2.34. The molecule has 1 aromatic rings. The highest BCUT2D eigenvalue weighted by Crippen LogP contribution is 2.25. The number of hydrogen-bond donors (Lipinski definition) is 1. The Balaban J connectivity index is 2.08. The number of aromatic nitrogens is 2. The SMILES string of the molecule is CCc1cncn1C(C)C1CCCNC1. The van der Waals surface area contributed by atoms with Gasteiger partial charge in [-0.1, -0.05) is 6.92 Å². The zero-order chi connectivity index (χ0) is 10.7. The van der Waals surface area contributed by atoms with Crippen LogP contribution in [0.1, 0.15) is 38.4 Å². The zero-order valence-corrected chi connectivity index (χ0v) is 9.74. The minimum Gasteiger partial charge on any atom is -0.332 e.